The van der Waals surface area contributed by atoms with Crippen LogP contribution < -0.4 is 5.73 Å². The fourth-order valence-electron chi connectivity index (χ4n) is 1.88. The molecule has 116 valence electrons. The highest BCUT2D eigenvalue weighted by Crippen LogP contribution is 2.16. The second kappa shape index (κ2) is 6.67. The fraction of sp³-hybridized carbons (Fsp3) is 0.467. The van der Waals surface area contributed by atoms with Crippen LogP contribution in [0.15, 0.2) is 24.3 Å². The molecule has 0 saturated carbocycles. The number of esters is 1. The summed E-state index contributed by atoms with van der Waals surface area (Å²) in [6, 6.07) is 4.65. The summed E-state index contributed by atoms with van der Waals surface area (Å²) in [5, 5.41) is 9.19. The van der Waals surface area contributed by atoms with Gasteiger partial charge in [0.05, 0.1) is 0 Å². The molecule has 0 amide bonds. The molecule has 0 unspecified atom stereocenters. The lowest BCUT2D eigenvalue weighted by molar-refractivity contribution is -0.167. The number of halogens is 1. The monoisotopic (exact) mass is 297 g/mol. The van der Waals surface area contributed by atoms with E-state index < -0.39 is 35.3 Å². The van der Waals surface area contributed by atoms with E-state index in [1.165, 1.54) is 18.2 Å². The summed E-state index contributed by atoms with van der Waals surface area (Å²) in [7, 11) is 0. The highest BCUT2D eigenvalue weighted by molar-refractivity contribution is 5.95. The third-order valence-electron chi connectivity index (χ3n) is 2.72. The molecule has 6 heteroatoms. The number of carbonyl (C=O) groups excluding carboxylic acids is 1. The molecule has 5 nitrogen and oxygen atoms in total. The SMILES string of the molecule is CC(C)(C)OC(=O)[C@H](C(=O)O)[C@H](N)Cc1cccc(F)c1. The zero-order valence-electron chi connectivity index (χ0n) is 12.3. The summed E-state index contributed by atoms with van der Waals surface area (Å²) in [6.45, 7) is 4.92. The maximum atomic E-state index is 13.1. The maximum absolute atomic E-state index is 13.1. The first-order valence-corrected chi connectivity index (χ1v) is 6.56. The predicted molar refractivity (Wildman–Crippen MR) is 75.1 cm³/mol. The Kier molecular flexibility index (Phi) is 5.43. The Morgan fingerprint density at radius 3 is 2.48 bits per heavy atom. The number of aliphatic carboxylic acids is 1. The minimum atomic E-state index is -1.49. The molecule has 0 aliphatic carbocycles. The molecular weight excluding hydrogens is 277 g/mol. The number of hydrogen-bond donors (Lipinski definition) is 2. The van der Waals surface area contributed by atoms with Crippen LogP contribution in [0.4, 0.5) is 4.39 Å². The molecule has 3 N–H and O–H groups in total. The smallest absolute Gasteiger partial charge is 0.322 e. The Hall–Kier alpha value is -1.95. The summed E-state index contributed by atoms with van der Waals surface area (Å²) < 4.78 is 18.2. The zero-order chi connectivity index (χ0) is 16.2. The lowest BCUT2D eigenvalue weighted by Crippen LogP contribution is -2.45. The number of benzene rings is 1. The van der Waals surface area contributed by atoms with Gasteiger partial charge in [-0.1, -0.05) is 12.1 Å². The summed E-state index contributed by atoms with van der Waals surface area (Å²) in [5.41, 5.74) is 5.54. The Balaban J connectivity index is 2.85. The maximum Gasteiger partial charge on any atom is 0.322 e. The van der Waals surface area contributed by atoms with Gasteiger partial charge in [-0.15, -0.1) is 0 Å². The Bertz CT molecular complexity index is 525. The van der Waals surface area contributed by atoms with Gasteiger partial charge >= 0.3 is 11.9 Å². The van der Waals surface area contributed by atoms with Crippen LogP contribution in [-0.2, 0) is 20.7 Å². The van der Waals surface area contributed by atoms with E-state index in [2.05, 4.69) is 0 Å². The largest absolute Gasteiger partial charge is 0.481 e. The van der Waals surface area contributed by atoms with Gasteiger partial charge in [-0.3, -0.25) is 9.59 Å². The number of carboxylic acid groups (broad SMARTS) is 1. The predicted octanol–water partition coefficient (Wildman–Crippen LogP) is 1.74. The van der Waals surface area contributed by atoms with E-state index in [1.807, 2.05) is 0 Å². The molecule has 0 radical (unpaired) electrons. The molecule has 1 aromatic carbocycles. The summed E-state index contributed by atoms with van der Waals surface area (Å²) in [6.07, 6.45) is 0.0635. The summed E-state index contributed by atoms with van der Waals surface area (Å²) in [5.74, 6) is -4.18. The molecule has 0 spiro atoms. The minimum absolute atomic E-state index is 0.0635. The zero-order valence-corrected chi connectivity index (χ0v) is 12.3. The van der Waals surface area contributed by atoms with Gasteiger partial charge in [0.2, 0.25) is 0 Å². The third kappa shape index (κ3) is 5.51. The Labute approximate surface area is 122 Å². The molecule has 0 fully saturated rings. The number of carboxylic acids is 1. The number of rotatable bonds is 5. The number of nitrogens with two attached hydrogens (primary N) is 1. The van der Waals surface area contributed by atoms with Crippen molar-refractivity contribution in [3.05, 3.63) is 35.6 Å². The minimum Gasteiger partial charge on any atom is -0.481 e. The first-order valence-electron chi connectivity index (χ1n) is 6.56. The van der Waals surface area contributed by atoms with Crippen molar-refractivity contribution < 1.29 is 23.8 Å². The van der Waals surface area contributed by atoms with Gasteiger partial charge in [0, 0.05) is 6.04 Å². The van der Waals surface area contributed by atoms with Crippen LogP contribution in [0.5, 0.6) is 0 Å². The second-order valence-corrected chi connectivity index (χ2v) is 5.85. The first-order chi connectivity index (χ1) is 9.60. The summed E-state index contributed by atoms with van der Waals surface area (Å²) in [4.78, 5) is 23.2. The molecule has 0 saturated heterocycles. The van der Waals surface area contributed by atoms with E-state index >= 15 is 0 Å². The van der Waals surface area contributed by atoms with E-state index in [-0.39, 0.29) is 6.42 Å². The van der Waals surface area contributed by atoms with E-state index in [0.717, 1.165) is 0 Å². The van der Waals surface area contributed by atoms with E-state index in [9.17, 15) is 19.1 Å². The Morgan fingerprint density at radius 2 is 2.00 bits per heavy atom. The van der Waals surface area contributed by atoms with Gasteiger partial charge in [-0.2, -0.15) is 0 Å². The lowest BCUT2D eigenvalue weighted by Gasteiger charge is -2.25. The highest BCUT2D eigenvalue weighted by Gasteiger charge is 2.36. The number of hydrogen-bond acceptors (Lipinski definition) is 4. The van der Waals surface area contributed by atoms with Crippen molar-refractivity contribution in [3.8, 4) is 0 Å². The van der Waals surface area contributed by atoms with Crippen LogP contribution in [0.2, 0.25) is 0 Å². The van der Waals surface area contributed by atoms with Gasteiger partial charge in [-0.05, 0) is 44.9 Å². The average Bonchev–Trinajstić information content (AvgIpc) is 2.25. The van der Waals surface area contributed by atoms with Crippen LogP contribution in [0.25, 0.3) is 0 Å². The second-order valence-electron chi connectivity index (χ2n) is 5.85. The molecule has 21 heavy (non-hydrogen) atoms. The normalized spacial score (nSPS) is 14.3. The van der Waals surface area contributed by atoms with Gasteiger partial charge in [0.25, 0.3) is 0 Å². The molecule has 1 rings (SSSR count). The van der Waals surface area contributed by atoms with Crippen molar-refractivity contribution >= 4 is 11.9 Å². The van der Waals surface area contributed by atoms with Crippen LogP contribution in [0.1, 0.15) is 26.3 Å². The van der Waals surface area contributed by atoms with Crippen molar-refractivity contribution in [1.82, 2.24) is 0 Å². The van der Waals surface area contributed by atoms with Gasteiger partial charge in [0.15, 0.2) is 5.92 Å². The summed E-state index contributed by atoms with van der Waals surface area (Å²) >= 11 is 0. The highest BCUT2D eigenvalue weighted by atomic mass is 19.1. The first kappa shape index (κ1) is 17.1. The standard InChI is InChI=1S/C15H20FNO4/c1-15(2,3)21-14(20)12(13(18)19)11(17)8-9-5-4-6-10(16)7-9/h4-7,11-12H,8,17H2,1-3H3,(H,18,19)/t11-,12+/m1/s1. The van der Waals surface area contributed by atoms with Crippen LogP contribution in [0.3, 0.4) is 0 Å². The Morgan fingerprint density at radius 1 is 1.38 bits per heavy atom. The average molecular weight is 297 g/mol. The van der Waals surface area contributed by atoms with Crippen LogP contribution in [0, 0.1) is 11.7 Å². The number of carbonyl (C=O) groups is 2. The third-order valence-corrected chi connectivity index (χ3v) is 2.72. The molecule has 0 heterocycles. The van der Waals surface area contributed by atoms with Crippen LogP contribution in [-0.4, -0.2) is 28.7 Å². The van der Waals surface area contributed by atoms with E-state index in [4.69, 9.17) is 10.5 Å². The van der Waals surface area contributed by atoms with Crippen molar-refractivity contribution in [2.45, 2.75) is 38.8 Å². The van der Waals surface area contributed by atoms with Crippen LogP contribution >= 0.6 is 0 Å². The van der Waals surface area contributed by atoms with E-state index in [1.54, 1.807) is 26.8 Å². The molecular formula is C15H20FNO4. The fourth-order valence-corrected chi connectivity index (χ4v) is 1.88. The van der Waals surface area contributed by atoms with Gasteiger partial charge < -0.3 is 15.6 Å². The van der Waals surface area contributed by atoms with E-state index in [0.29, 0.717) is 5.56 Å². The molecule has 1 aromatic rings. The van der Waals surface area contributed by atoms with Crippen molar-refractivity contribution in [2.24, 2.45) is 11.7 Å². The topological polar surface area (TPSA) is 89.6 Å². The molecule has 0 bridgehead atoms. The molecule has 0 aromatic heterocycles. The lowest BCUT2D eigenvalue weighted by atomic mass is 9.94. The molecule has 0 aliphatic heterocycles. The number of ether oxygens (including phenoxy) is 1. The van der Waals surface area contributed by atoms with Gasteiger partial charge in [0.1, 0.15) is 11.4 Å². The van der Waals surface area contributed by atoms with Crippen molar-refractivity contribution in [2.75, 3.05) is 0 Å². The van der Waals surface area contributed by atoms with Crippen molar-refractivity contribution in [3.63, 3.8) is 0 Å². The molecule has 0 aliphatic rings. The van der Waals surface area contributed by atoms with Crippen molar-refractivity contribution in [1.29, 1.82) is 0 Å². The van der Waals surface area contributed by atoms with Gasteiger partial charge in [-0.25, -0.2) is 4.39 Å². The molecule has 2 atom stereocenters. The quantitative estimate of drug-likeness (QED) is 0.638.